The van der Waals surface area contributed by atoms with E-state index in [4.69, 9.17) is 23.2 Å². The van der Waals surface area contributed by atoms with Gasteiger partial charge in [-0.05, 0) is 43.5 Å². The second-order valence-corrected chi connectivity index (χ2v) is 5.31. The van der Waals surface area contributed by atoms with Gasteiger partial charge in [-0.15, -0.1) is 0 Å². The fraction of sp³-hybridized carbons (Fsp3) is 0.462. The monoisotopic (exact) mass is 256 g/mol. The van der Waals surface area contributed by atoms with Crippen molar-refractivity contribution in [3.8, 4) is 0 Å². The smallest absolute Gasteiger partial charge is 0.140 e. The molecule has 1 aromatic rings. The van der Waals surface area contributed by atoms with E-state index in [9.17, 15) is 4.79 Å². The molecule has 2 rings (SSSR count). The van der Waals surface area contributed by atoms with Gasteiger partial charge in [-0.2, -0.15) is 0 Å². The number of benzene rings is 1. The van der Waals surface area contributed by atoms with Crippen molar-refractivity contribution in [1.82, 2.24) is 0 Å². The van der Waals surface area contributed by atoms with Gasteiger partial charge in [-0.25, -0.2) is 0 Å². The lowest BCUT2D eigenvalue weighted by Gasteiger charge is -2.27. The number of halogens is 2. The van der Waals surface area contributed by atoms with Crippen LogP contribution in [0.1, 0.15) is 38.2 Å². The number of hydrogen-bond acceptors (Lipinski definition) is 1. The highest BCUT2D eigenvalue weighted by molar-refractivity contribution is 6.34. The van der Waals surface area contributed by atoms with E-state index >= 15 is 0 Å². The lowest BCUT2D eigenvalue weighted by Crippen LogP contribution is -2.31. The molecule has 1 aliphatic rings. The SMILES string of the molecule is CC(=O)C1(c2cc(Cl)ccc2Cl)CCCC1. The van der Waals surface area contributed by atoms with Crippen LogP contribution in [0.5, 0.6) is 0 Å². The van der Waals surface area contributed by atoms with E-state index < -0.39 is 0 Å². The van der Waals surface area contributed by atoms with Gasteiger partial charge >= 0.3 is 0 Å². The van der Waals surface area contributed by atoms with Crippen molar-refractivity contribution in [3.05, 3.63) is 33.8 Å². The lowest BCUT2D eigenvalue weighted by atomic mass is 9.76. The van der Waals surface area contributed by atoms with Crippen molar-refractivity contribution in [2.75, 3.05) is 0 Å². The van der Waals surface area contributed by atoms with Gasteiger partial charge in [0.2, 0.25) is 0 Å². The fourth-order valence-electron chi connectivity index (χ4n) is 2.65. The molecule has 0 spiro atoms. The van der Waals surface area contributed by atoms with Crippen LogP contribution in [0.3, 0.4) is 0 Å². The molecule has 16 heavy (non-hydrogen) atoms. The van der Waals surface area contributed by atoms with Crippen molar-refractivity contribution in [2.24, 2.45) is 0 Å². The van der Waals surface area contributed by atoms with Gasteiger partial charge in [0.1, 0.15) is 5.78 Å². The van der Waals surface area contributed by atoms with Gasteiger partial charge in [-0.1, -0.05) is 36.0 Å². The van der Waals surface area contributed by atoms with E-state index in [1.54, 1.807) is 19.1 Å². The normalized spacial score (nSPS) is 18.7. The topological polar surface area (TPSA) is 17.1 Å². The van der Waals surface area contributed by atoms with Gasteiger partial charge in [0.25, 0.3) is 0 Å². The number of hydrogen-bond donors (Lipinski definition) is 0. The maximum absolute atomic E-state index is 11.9. The second-order valence-electron chi connectivity index (χ2n) is 4.47. The summed E-state index contributed by atoms with van der Waals surface area (Å²) >= 11 is 12.2. The minimum atomic E-state index is -0.387. The third-order valence-electron chi connectivity index (χ3n) is 3.58. The first-order chi connectivity index (χ1) is 7.56. The molecule has 0 N–H and O–H groups in total. The molecular weight excluding hydrogens is 243 g/mol. The summed E-state index contributed by atoms with van der Waals surface area (Å²) in [5.41, 5.74) is 0.522. The molecule has 1 aromatic carbocycles. The Labute approximate surface area is 106 Å². The molecule has 1 saturated carbocycles. The molecule has 1 aliphatic carbocycles. The minimum Gasteiger partial charge on any atom is -0.299 e. The van der Waals surface area contributed by atoms with E-state index in [2.05, 4.69) is 0 Å². The van der Waals surface area contributed by atoms with E-state index in [1.807, 2.05) is 6.07 Å². The largest absolute Gasteiger partial charge is 0.299 e. The van der Waals surface area contributed by atoms with Crippen LogP contribution in [-0.2, 0) is 10.2 Å². The van der Waals surface area contributed by atoms with Gasteiger partial charge in [0.05, 0.1) is 5.41 Å². The first-order valence-electron chi connectivity index (χ1n) is 5.53. The Morgan fingerprint density at radius 3 is 2.44 bits per heavy atom. The Morgan fingerprint density at radius 2 is 1.88 bits per heavy atom. The molecule has 0 bridgehead atoms. The summed E-state index contributed by atoms with van der Waals surface area (Å²) in [6, 6.07) is 5.38. The van der Waals surface area contributed by atoms with Crippen LogP contribution in [0.25, 0.3) is 0 Å². The van der Waals surface area contributed by atoms with Crippen molar-refractivity contribution >= 4 is 29.0 Å². The average molecular weight is 257 g/mol. The number of carbonyl (C=O) groups is 1. The average Bonchev–Trinajstić information content (AvgIpc) is 2.71. The summed E-state index contributed by atoms with van der Waals surface area (Å²) in [5.74, 6) is 0.203. The van der Waals surface area contributed by atoms with Crippen LogP contribution >= 0.6 is 23.2 Å². The molecule has 0 amide bonds. The Kier molecular flexibility index (Phi) is 3.27. The molecule has 0 aliphatic heterocycles. The van der Waals surface area contributed by atoms with Gasteiger partial charge in [-0.3, -0.25) is 4.79 Å². The molecule has 0 atom stereocenters. The lowest BCUT2D eigenvalue weighted by molar-refractivity contribution is -0.122. The molecule has 1 fully saturated rings. The fourth-order valence-corrected chi connectivity index (χ4v) is 3.12. The van der Waals surface area contributed by atoms with Gasteiger partial charge in [0, 0.05) is 10.0 Å². The van der Waals surface area contributed by atoms with Crippen LogP contribution in [0.15, 0.2) is 18.2 Å². The maximum Gasteiger partial charge on any atom is 0.140 e. The van der Waals surface area contributed by atoms with E-state index in [-0.39, 0.29) is 11.2 Å². The van der Waals surface area contributed by atoms with Crippen LogP contribution in [0.2, 0.25) is 10.0 Å². The molecule has 1 nitrogen and oxygen atoms in total. The van der Waals surface area contributed by atoms with Crippen LogP contribution in [-0.4, -0.2) is 5.78 Å². The van der Waals surface area contributed by atoms with Crippen LogP contribution in [0.4, 0.5) is 0 Å². The molecule has 0 radical (unpaired) electrons. The first kappa shape index (κ1) is 11.9. The Bertz CT molecular complexity index is 420. The predicted octanol–water partition coefficient (Wildman–Crippen LogP) is 4.39. The Balaban J connectivity index is 2.55. The predicted molar refractivity (Wildman–Crippen MR) is 67.3 cm³/mol. The zero-order chi connectivity index (χ0) is 11.8. The number of Topliss-reactive ketones (excluding diaryl/α,β-unsaturated/α-hetero) is 1. The standard InChI is InChI=1S/C13H14Cl2O/c1-9(16)13(6-2-3-7-13)11-8-10(14)4-5-12(11)15/h4-5,8H,2-3,6-7H2,1H3. The zero-order valence-corrected chi connectivity index (χ0v) is 10.7. The molecule has 3 heteroatoms. The summed E-state index contributed by atoms with van der Waals surface area (Å²) in [4.78, 5) is 11.9. The zero-order valence-electron chi connectivity index (χ0n) is 9.22. The molecular formula is C13H14Cl2O. The minimum absolute atomic E-state index is 0.203. The second kappa shape index (κ2) is 4.38. The van der Waals surface area contributed by atoms with Crippen molar-refractivity contribution < 1.29 is 4.79 Å². The van der Waals surface area contributed by atoms with Gasteiger partial charge < -0.3 is 0 Å². The molecule has 0 aromatic heterocycles. The third kappa shape index (κ3) is 1.87. The Morgan fingerprint density at radius 1 is 1.25 bits per heavy atom. The molecule has 0 heterocycles. The molecule has 0 unspecified atom stereocenters. The highest BCUT2D eigenvalue weighted by atomic mass is 35.5. The quantitative estimate of drug-likeness (QED) is 0.767. The summed E-state index contributed by atoms with van der Waals surface area (Å²) in [5, 5.41) is 1.30. The van der Waals surface area contributed by atoms with E-state index in [1.165, 1.54) is 0 Å². The van der Waals surface area contributed by atoms with E-state index in [0.29, 0.717) is 10.0 Å². The van der Waals surface area contributed by atoms with Crippen LogP contribution in [0, 0.1) is 0 Å². The third-order valence-corrected chi connectivity index (χ3v) is 4.14. The summed E-state index contributed by atoms with van der Waals surface area (Å²) in [6.07, 6.45) is 3.95. The summed E-state index contributed by atoms with van der Waals surface area (Å²) < 4.78 is 0. The number of ketones is 1. The summed E-state index contributed by atoms with van der Waals surface area (Å²) in [7, 11) is 0. The summed E-state index contributed by atoms with van der Waals surface area (Å²) in [6.45, 7) is 1.66. The van der Waals surface area contributed by atoms with Crippen molar-refractivity contribution in [3.63, 3.8) is 0 Å². The maximum atomic E-state index is 11.9. The number of carbonyl (C=O) groups excluding carboxylic acids is 1. The Hall–Kier alpha value is -0.530. The van der Waals surface area contributed by atoms with Gasteiger partial charge in [0.15, 0.2) is 0 Å². The van der Waals surface area contributed by atoms with Crippen LogP contribution < -0.4 is 0 Å². The number of rotatable bonds is 2. The van der Waals surface area contributed by atoms with Crippen molar-refractivity contribution in [1.29, 1.82) is 0 Å². The molecule has 0 saturated heterocycles. The molecule has 86 valence electrons. The van der Waals surface area contributed by atoms with Crippen molar-refractivity contribution in [2.45, 2.75) is 38.0 Å². The highest BCUT2D eigenvalue weighted by Crippen LogP contribution is 2.45. The van der Waals surface area contributed by atoms with E-state index in [0.717, 1.165) is 31.2 Å². The first-order valence-corrected chi connectivity index (χ1v) is 6.28. The highest BCUT2D eigenvalue weighted by Gasteiger charge is 2.41.